The van der Waals surface area contributed by atoms with E-state index < -0.39 is 0 Å². The predicted octanol–water partition coefficient (Wildman–Crippen LogP) is 2.93. The molecule has 1 aromatic carbocycles. The Labute approximate surface area is 120 Å². The van der Waals surface area contributed by atoms with E-state index in [2.05, 4.69) is 19.2 Å². The van der Waals surface area contributed by atoms with Crippen molar-refractivity contribution < 1.29 is 14.9 Å². The highest BCUT2D eigenvalue weighted by molar-refractivity contribution is 5.40. The van der Waals surface area contributed by atoms with E-state index in [1.165, 1.54) is 6.07 Å². The van der Waals surface area contributed by atoms with Gasteiger partial charge in [-0.2, -0.15) is 0 Å². The maximum absolute atomic E-state index is 9.50. The van der Waals surface area contributed by atoms with Crippen LogP contribution in [0.15, 0.2) is 18.2 Å². The van der Waals surface area contributed by atoms with Crippen LogP contribution in [0.25, 0.3) is 0 Å². The van der Waals surface area contributed by atoms with E-state index >= 15 is 0 Å². The number of aromatic hydroxyl groups is 2. The minimum Gasteiger partial charge on any atom is -0.504 e. The molecule has 0 radical (unpaired) electrons. The zero-order valence-corrected chi connectivity index (χ0v) is 12.4. The number of benzene rings is 1. The summed E-state index contributed by atoms with van der Waals surface area (Å²) in [4.78, 5) is 0. The minimum absolute atomic E-state index is 0.0208. The zero-order chi connectivity index (χ0) is 14.6. The van der Waals surface area contributed by atoms with Crippen molar-refractivity contribution in [2.45, 2.75) is 57.7 Å². The molecule has 1 aromatic rings. The third kappa shape index (κ3) is 3.44. The molecule has 4 heteroatoms. The van der Waals surface area contributed by atoms with E-state index in [4.69, 9.17) is 4.74 Å². The lowest BCUT2D eigenvalue weighted by molar-refractivity contribution is -0.0932. The fourth-order valence-corrected chi connectivity index (χ4v) is 2.89. The molecule has 0 spiro atoms. The van der Waals surface area contributed by atoms with Gasteiger partial charge in [0, 0.05) is 19.2 Å². The summed E-state index contributed by atoms with van der Waals surface area (Å²) in [5, 5.41) is 22.3. The van der Waals surface area contributed by atoms with Gasteiger partial charge in [-0.15, -0.1) is 0 Å². The molecule has 1 heterocycles. The molecular weight excluding hydrogens is 254 g/mol. The number of hydrogen-bond acceptors (Lipinski definition) is 4. The SMILES string of the molecule is CCC1(CC)CC(NCc2ccc(O)c(O)c2)CCO1. The van der Waals surface area contributed by atoms with Gasteiger partial charge < -0.3 is 20.3 Å². The van der Waals surface area contributed by atoms with Crippen LogP contribution in [-0.2, 0) is 11.3 Å². The average molecular weight is 279 g/mol. The highest BCUT2D eigenvalue weighted by Crippen LogP contribution is 2.31. The van der Waals surface area contributed by atoms with Gasteiger partial charge in [-0.05, 0) is 43.4 Å². The van der Waals surface area contributed by atoms with E-state index in [0.29, 0.717) is 12.6 Å². The largest absolute Gasteiger partial charge is 0.504 e. The Morgan fingerprint density at radius 2 is 2.00 bits per heavy atom. The summed E-state index contributed by atoms with van der Waals surface area (Å²) >= 11 is 0. The molecule has 1 fully saturated rings. The molecule has 1 unspecified atom stereocenters. The van der Waals surface area contributed by atoms with Crippen molar-refractivity contribution in [3.63, 3.8) is 0 Å². The Balaban J connectivity index is 1.91. The Morgan fingerprint density at radius 1 is 1.25 bits per heavy atom. The van der Waals surface area contributed by atoms with Crippen molar-refractivity contribution in [3.8, 4) is 11.5 Å². The van der Waals surface area contributed by atoms with Crippen molar-refractivity contribution in [2.24, 2.45) is 0 Å². The van der Waals surface area contributed by atoms with Crippen LogP contribution >= 0.6 is 0 Å². The number of nitrogens with one attached hydrogen (secondary N) is 1. The number of hydrogen-bond donors (Lipinski definition) is 3. The summed E-state index contributed by atoms with van der Waals surface area (Å²) < 4.78 is 5.97. The number of phenols is 2. The van der Waals surface area contributed by atoms with Gasteiger partial charge in [-0.1, -0.05) is 19.9 Å². The quantitative estimate of drug-likeness (QED) is 0.725. The Kier molecular flexibility index (Phi) is 4.89. The summed E-state index contributed by atoms with van der Waals surface area (Å²) in [6.45, 7) is 5.87. The predicted molar refractivity (Wildman–Crippen MR) is 78.9 cm³/mol. The van der Waals surface area contributed by atoms with Gasteiger partial charge in [0.2, 0.25) is 0 Å². The molecule has 0 aromatic heterocycles. The smallest absolute Gasteiger partial charge is 0.157 e. The van der Waals surface area contributed by atoms with Crippen molar-refractivity contribution >= 4 is 0 Å². The van der Waals surface area contributed by atoms with Gasteiger partial charge in [0.15, 0.2) is 11.5 Å². The maximum Gasteiger partial charge on any atom is 0.157 e. The van der Waals surface area contributed by atoms with Crippen molar-refractivity contribution in [1.82, 2.24) is 5.32 Å². The standard InChI is InChI=1S/C16H25NO3/c1-3-16(4-2)10-13(7-8-20-16)17-11-12-5-6-14(18)15(19)9-12/h5-6,9,13,17-19H,3-4,7-8,10-11H2,1-2H3. The van der Waals surface area contributed by atoms with Gasteiger partial charge in [0.25, 0.3) is 0 Å². The van der Waals surface area contributed by atoms with Crippen LogP contribution in [0.5, 0.6) is 11.5 Å². The monoisotopic (exact) mass is 279 g/mol. The summed E-state index contributed by atoms with van der Waals surface area (Å²) in [6, 6.07) is 5.40. The van der Waals surface area contributed by atoms with Crippen LogP contribution in [0, 0.1) is 0 Å². The number of phenolic OH excluding ortho intramolecular Hbond substituents is 2. The third-order valence-electron chi connectivity index (χ3n) is 4.42. The topological polar surface area (TPSA) is 61.7 Å². The number of ether oxygens (including phenoxy) is 1. The second kappa shape index (κ2) is 6.46. The second-order valence-electron chi connectivity index (χ2n) is 5.63. The van der Waals surface area contributed by atoms with Crippen LogP contribution in [0.4, 0.5) is 0 Å². The van der Waals surface area contributed by atoms with Gasteiger partial charge in [-0.25, -0.2) is 0 Å². The Hall–Kier alpha value is -1.26. The zero-order valence-electron chi connectivity index (χ0n) is 12.4. The number of rotatable bonds is 5. The lowest BCUT2D eigenvalue weighted by atomic mass is 9.86. The molecule has 2 rings (SSSR count). The van der Waals surface area contributed by atoms with Gasteiger partial charge >= 0.3 is 0 Å². The maximum atomic E-state index is 9.50. The van der Waals surface area contributed by atoms with Gasteiger partial charge in [0.1, 0.15) is 0 Å². The molecule has 1 atom stereocenters. The molecule has 112 valence electrons. The van der Waals surface area contributed by atoms with E-state index in [-0.39, 0.29) is 17.1 Å². The Morgan fingerprint density at radius 3 is 2.65 bits per heavy atom. The van der Waals surface area contributed by atoms with Crippen molar-refractivity contribution in [2.75, 3.05) is 6.61 Å². The van der Waals surface area contributed by atoms with Crippen LogP contribution < -0.4 is 5.32 Å². The average Bonchev–Trinajstić information content (AvgIpc) is 2.48. The fourth-order valence-electron chi connectivity index (χ4n) is 2.89. The first-order chi connectivity index (χ1) is 9.58. The highest BCUT2D eigenvalue weighted by Gasteiger charge is 2.34. The molecule has 0 aliphatic carbocycles. The van der Waals surface area contributed by atoms with E-state index in [9.17, 15) is 10.2 Å². The first kappa shape index (κ1) is 15.1. The molecule has 1 saturated heterocycles. The minimum atomic E-state index is -0.0733. The molecule has 3 N–H and O–H groups in total. The van der Waals surface area contributed by atoms with Crippen LogP contribution in [0.1, 0.15) is 45.1 Å². The summed E-state index contributed by atoms with van der Waals surface area (Å²) in [5.74, 6) is -0.136. The van der Waals surface area contributed by atoms with Crippen LogP contribution in [0.3, 0.4) is 0 Å². The second-order valence-corrected chi connectivity index (χ2v) is 5.63. The molecule has 0 saturated carbocycles. The van der Waals surface area contributed by atoms with Crippen LogP contribution in [-0.4, -0.2) is 28.5 Å². The molecular formula is C16H25NO3. The summed E-state index contributed by atoms with van der Waals surface area (Å²) in [6.07, 6.45) is 4.14. The molecule has 1 aliphatic heterocycles. The first-order valence-electron chi connectivity index (χ1n) is 7.47. The lowest BCUT2D eigenvalue weighted by Gasteiger charge is -2.40. The normalized spacial score (nSPS) is 21.8. The van der Waals surface area contributed by atoms with Crippen molar-refractivity contribution in [1.29, 1.82) is 0 Å². The fraction of sp³-hybridized carbons (Fsp3) is 0.625. The molecule has 4 nitrogen and oxygen atoms in total. The van der Waals surface area contributed by atoms with E-state index in [0.717, 1.165) is 37.9 Å². The molecule has 1 aliphatic rings. The summed E-state index contributed by atoms with van der Waals surface area (Å²) in [5.41, 5.74) is 0.998. The van der Waals surface area contributed by atoms with Gasteiger partial charge in [-0.3, -0.25) is 0 Å². The molecule has 0 amide bonds. The first-order valence-corrected chi connectivity index (χ1v) is 7.47. The van der Waals surface area contributed by atoms with Gasteiger partial charge in [0.05, 0.1) is 5.60 Å². The lowest BCUT2D eigenvalue weighted by Crippen LogP contribution is -2.46. The van der Waals surface area contributed by atoms with E-state index in [1.807, 2.05) is 6.07 Å². The third-order valence-corrected chi connectivity index (χ3v) is 4.42. The highest BCUT2D eigenvalue weighted by atomic mass is 16.5. The Bertz CT molecular complexity index is 443. The van der Waals surface area contributed by atoms with Crippen LogP contribution in [0.2, 0.25) is 0 Å². The summed E-state index contributed by atoms with van der Waals surface area (Å²) in [7, 11) is 0. The van der Waals surface area contributed by atoms with Crippen molar-refractivity contribution in [3.05, 3.63) is 23.8 Å². The molecule has 20 heavy (non-hydrogen) atoms. The van der Waals surface area contributed by atoms with E-state index in [1.54, 1.807) is 6.07 Å². The molecule has 0 bridgehead atoms.